The van der Waals surface area contributed by atoms with Gasteiger partial charge in [0.05, 0.1) is 0 Å². The highest BCUT2D eigenvalue weighted by molar-refractivity contribution is 6.93. The van der Waals surface area contributed by atoms with Crippen LogP contribution in [0.15, 0.2) is 72.8 Å². The average Bonchev–Trinajstić information content (AvgIpc) is 0.762. The van der Waals surface area contributed by atoms with Gasteiger partial charge in [0.15, 0.2) is 0 Å². The molecule has 0 heterocycles. The molecule has 0 aromatic heterocycles. The molecule has 4 aromatic carbocycles. The molecular weight excluding hydrogens is 1260 g/mol. The maximum Gasteiger partial charge on any atom is 0.236 e. The Morgan fingerprint density at radius 1 is 0.192 bits per heavy atom. The van der Waals surface area contributed by atoms with Gasteiger partial charge in [-0.05, 0) is 230 Å². The second kappa shape index (κ2) is 30.4. The zero-order valence-corrected chi connectivity index (χ0v) is 73.7. The molecule has 4 aromatic rings. The van der Waals surface area contributed by atoms with Crippen molar-refractivity contribution in [2.75, 3.05) is 0 Å². The van der Waals surface area contributed by atoms with Gasteiger partial charge in [0, 0.05) is 45.0 Å². The Morgan fingerprint density at radius 3 is 0.455 bits per heavy atom. The topological polar surface area (TPSA) is 83.1 Å². The molecule has 0 unspecified atom stereocenters. The predicted molar refractivity (Wildman–Crippen MR) is 430 cm³/mol. The first-order valence-corrected chi connectivity index (χ1v) is 40.8. The minimum atomic E-state index is -3.26. The molecule has 0 N–H and O–H groups in total. The fraction of sp³-hybridized carbons (Fsp3) is 0.727. The minimum absolute atomic E-state index is 0.00688. The third kappa shape index (κ3) is 32.5. The lowest BCUT2D eigenvalue weighted by Gasteiger charge is -2.38. The Bertz CT molecular complexity index is 2830. The van der Waals surface area contributed by atoms with Gasteiger partial charge in [0.2, 0.25) is 18.1 Å². The Kier molecular flexibility index (Phi) is 26.7. The van der Waals surface area contributed by atoms with Gasteiger partial charge in [-0.25, -0.2) is 0 Å². The number of hydrogen-bond acceptors (Lipinski definition) is 9. The van der Waals surface area contributed by atoms with E-state index in [1.54, 1.807) is 0 Å². The average molecular weight is 1410 g/mol. The monoisotopic (exact) mass is 1410 g/mol. The molecule has 11 heteroatoms. The fourth-order valence-corrected chi connectivity index (χ4v) is 24.1. The Labute approximate surface area is 612 Å². The summed E-state index contributed by atoms with van der Waals surface area (Å²) < 4.78 is 68.4. The van der Waals surface area contributed by atoms with E-state index < -0.39 is 62.9 Å². The molecule has 0 spiro atoms. The maximum absolute atomic E-state index is 8.84. The number of ether oxygens (including phenoxy) is 8. The lowest BCUT2D eigenvalue weighted by Crippen LogP contribution is -2.57. The van der Waals surface area contributed by atoms with E-state index in [4.69, 9.17) is 42.0 Å². The van der Waals surface area contributed by atoms with Crippen LogP contribution in [-0.2, 0) is 4.12 Å². The molecule has 564 valence electrons. The quantitative estimate of drug-likeness (QED) is 0.0474. The summed E-state index contributed by atoms with van der Waals surface area (Å²) in [6.45, 7) is 90.0. The summed E-state index contributed by atoms with van der Waals surface area (Å²) in [5.41, 5.74) is -4.86. The van der Waals surface area contributed by atoms with Crippen LogP contribution in [0, 0.1) is 43.3 Å². The van der Waals surface area contributed by atoms with E-state index in [-0.39, 0.29) is 43.3 Å². The van der Waals surface area contributed by atoms with E-state index in [0.29, 0.717) is 23.0 Å². The molecule has 0 saturated heterocycles. The first-order chi connectivity index (χ1) is 43.8. The van der Waals surface area contributed by atoms with Crippen molar-refractivity contribution in [3.05, 3.63) is 72.8 Å². The van der Waals surface area contributed by atoms with Gasteiger partial charge in [-0.1, -0.05) is 190 Å². The highest BCUT2D eigenvalue weighted by Crippen LogP contribution is 2.42. The standard InChI is InChI=1S/C88H150O9Si2/c1-73(2,3)53-81(25,26)89-61-41-45-69(65(49-61)93-85(33,34)57-77(13,14)15)98(70-46-42-62(90-82(27,28)54-74(4,5)6)50-66(70)94-86(35,36)58-78(16,17)18)97-99(71-47-43-63(91-83(29,30)55-75(7,8)9)51-67(71)95-87(37,38)59-79(19,20)21)72-48-44-64(92-84(31,32)56-76(10,11)12)52-68(72)96-88(39,40)60-80(22,23)24/h41-52,98-99H,53-60H2,1-40H3. The first-order valence-electron chi connectivity index (χ1n) is 37.5. The van der Waals surface area contributed by atoms with Gasteiger partial charge in [-0.15, -0.1) is 0 Å². The molecule has 0 saturated carbocycles. The van der Waals surface area contributed by atoms with Crippen LogP contribution in [0.2, 0.25) is 0 Å². The van der Waals surface area contributed by atoms with Crippen molar-refractivity contribution in [1.82, 2.24) is 0 Å². The largest absolute Gasteiger partial charge is 0.488 e. The molecule has 4 rings (SSSR count). The molecule has 0 bridgehead atoms. The summed E-state index contributed by atoms with van der Waals surface area (Å²) in [5.74, 6) is 5.77. The van der Waals surface area contributed by atoms with Gasteiger partial charge in [-0.2, -0.15) is 0 Å². The highest BCUT2D eigenvalue weighted by Gasteiger charge is 2.42. The third-order valence-electron chi connectivity index (χ3n) is 16.1. The van der Waals surface area contributed by atoms with E-state index in [1.165, 1.54) is 0 Å². The second-order valence-corrected chi connectivity index (χ2v) is 49.6. The maximum atomic E-state index is 8.84. The van der Waals surface area contributed by atoms with Crippen molar-refractivity contribution in [3.8, 4) is 46.0 Å². The summed E-state index contributed by atoms with van der Waals surface area (Å²) in [6, 6.07) is 26.1. The lowest BCUT2D eigenvalue weighted by atomic mass is 9.83. The van der Waals surface area contributed by atoms with Crippen LogP contribution < -0.4 is 58.6 Å². The normalized spacial score (nSPS) is 14.4. The molecule has 0 amide bonds. The summed E-state index contributed by atoms with van der Waals surface area (Å²) >= 11 is 0. The summed E-state index contributed by atoms with van der Waals surface area (Å²) in [5, 5.41) is 3.81. The van der Waals surface area contributed by atoms with Crippen LogP contribution in [0.3, 0.4) is 0 Å². The van der Waals surface area contributed by atoms with Crippen molar-refractivity contribution in [3.63, 3.8) is 0 Å². The van der Waals surface area contributed by atoms with E-state index in [9.17, 15) is 0 Å². The van der Waals surface area contributed by atoms with Gasteiger partial charge < -0.3 is 42.0 Å². The van der Waals surface area contributed by atoms with Crippen LogP contribution in [-0.4, -0.2) is 62.9 Å². The van der Waals surface area contributed by atoms with Gasteiger partial charge >= 0.3 is 0 Å². The van der Waals surface area contributed by atoms with E-state index in [2.05, 4.69) is 350 Å². The number of benzene rings is 4. The van der Waals surface area contributed by atoms with Crippen molar-refractivity contribution in [1.29, 1.82) is 0 Å². The Morgan fingerprint density at radius 2 is 0.323 bits per heavy atom. The summed E-state index contributed by atoms with van der Waals surface area (Å²) in [6.07, 6.45) is 6.41. The SMILES string of the molecule is CC(C)(C)CC(C)(C)Oc1ccc([SiH](O[SiH](c2ccc(OC(C)(C)CC(C)(C)C)cc2OC(C)(C)CC(C)(C)C)c2ccc(OC(C)(C)CC(C)(C)C)cc2OC(C)(C)CC(C)(C)C)c2ccc(OC(C)(C)CC(C)(C)C)cc2OC(C)(C)CC(C)(C)C)c(OC(C)(C)CC(C)(C)C)c1. The Balaban J connectivity index is 2.50. The zero-order valence-electron chi connectivity index (χ0n) is 71.4. The zero-order chi connectivity index (χ0) is 76.6. The minimum Gasteiger partial charge on any atom is -0.488 e. The van der Waals surface area contributed by atoms with E-state index >= 15 is 0 Å². The summed E-state index contributed by atoms with van der Waals surface area (Å²) in [4.78, 5) is 0. The van der Waals surface area contributed by atoms with E-state index in [1.807, 2.05) is 0 Å². The molecule has 99 heavy (non-hydrogen) atoms. The smallest absolute Gasteiger partial charge is 0.236 e. The van der Waals surface area contributed by atoms with Crippen LogP contribution >= 0.6 is 0 Å². The molecule has 0 atom stereocenters. The molecule has 0 radical (unpaired) electrons. The van der Waals surface area contributed by atoms with Crippen molar-refractivity contribution >= 4 is 38.8 Å². The summed E-state index contributed by atoms with van der Waals surface area (Å²) in [7, 11) is -6.52. The van der Waals surface area contributed by atoms with Crippen molar-refractivity contribution in [2.24, 2.45) is 43.3 Å². The van der Waals surface area contributed by atoms with Crippen LogP contribution in [0.4, 0.5) is 0 Å². The fourth-order valence-electron chi connectivity index (χ4n) is 17.3. The number of rotatable bonds is 30. The molecule has 0 aliphatic carbocycles. The van der Waals surface area contributed by atoms with Crippen molar-refractivity contribution in [2.45, 2.75) is 373 Å². The van der Waals surface area contributed by atoms with Gasteiger partial charge in [-0.3, -0.25) is 0 Å². The third-order valence-corrected chi connectivity index (χ3v) is 22.5. The molecular formula is C88H150O9Si2. The Hall–Kier alpha value is -4.33. The molecule has 9 nitrogen and oxygen atoms in total. The van der Waals surface area contributed by atoms with E-state index in [0.717, 1.165) is 95.1 Å². The lowest BCUT2D eigenvalue weighted by molar-refractivity contribution is 0.0547. The first kappa shape index (κ1) is 87.1. The van der Waals surface area contributed by atoms with Crippen LogP contribution in [0.1, 0.15) is 328 Å². The van der Waals surface area contributed by atoms with Gasteiger partial charge in [0.25, 0.3) is 0 Å². The van der Waals surface area contributed by atoms with Gasteiger partial charge in [0.1, 0.15) is 90.8 Å². The van der Waals surface area contributed by atoms with Crippen molar-refractivity contribution < 1.29 is 42.0 Å². The second-order valence-electron chi connectivity index (χ2n) is 44.5. The predicted octanol–water partition coefficient (Wildman–Crippen LogP) is 22.8. The molecule has 0 aliphatic rings. The molecule has 0 aliphatic heterocycles. The van der Waals surface area contributed by atoms with Crippen LogP contribution in [0.5, 0.6) is 46.0 Å². The molecule has 0 fully saturated rings. The van der Waals surface area contributed by atoms with Crippen LogP contribution in [0.25, 0.3) is 0 Å². The number of hydrogen-bond donors (Lipinski definition) is 0. The highest BCUT2D eigenvalue weighted by atomic mass is 28.4.